The molecule has 12 nitrogen and oxygen atoms in total. The fourth-order valence-electron chi connectivity index (χ4n) is 3.26. The maximum Gasteiger partial charge on any atom is 0.252 e. The Kier molecular flexibility index (Phi) is 19.2. The van der Waals surface area contributed by atoms with Crippen LogP contribution in [0, 0.1) is 0 Å². The number of ether oxygens (including phenoxy) is 4. The van der Waals surface area contributed by atoms with E-state index in [9.17, 15) is 14.4 Å². The first-order valence-electron chi connectivity index (χ1n) is 13.6. The quantitative estimate of drug-likeness (QED) is 0.123. The Bertz CT molecular complexity index is 839. The van der Waals surface area contributed by atoms with Crippen LogP contribution in [0.15, 0.2) is 18.2 Å². The van der Waals surface area contributed by atoms with Gasteiger partial charge in [0.25, 0.3) is 5.91 Å². The molecule has 3 amide bonds. The Balaban J connectivity index is 2.96. The normalized spacial score (nSPS) is 11.5. The van der Waals surface area contributed by atoms with Gasteiger partial charge in [-0.05, 0) is 31.0 Å². The largest absolute Gasteiger partial charge is 0.487 e. The van der Waals surface area contributed by atoms with Gasteiger partial charge in [-0.15, -0.1) is 0 Å². The lowest BCUT2D eigenvalue weighted by Crippen LogP contribution is -2.49. The average Bonchev–Trinajstić information content (AvgIpc) is 2.93. The van der Waals surface area contributed by atoms with Crippen LogP contribution in [0.1, 0.15) is 56.3 Å². The minimum absolute atomic E-state index is 0.0932. The van der Waals surface area contributed by atoms with Gasteiger partial charge in [-0.3, -0.25) is 14.4 Å². The number of amides is 3. The number of aliphatic hydroxyl groups is 2. The van der Waals surface area contributed by atoms with E-state index < -0.39 is 17.9 Å². The number of unbranched alkanes of at least 4 members (excludes halogenated alkanes) is 2. The van der Waals surface area contributed by atoms with E-state index in [0.717, 1.165) is 25.7 Å². The first-order valence-corrected chi connectivity index (χ1v) is 13.6. The van der Waals surface area contributed by atoms with Crippen LogP contribution in [0.5, 0.6) is 11.5 Å². The lowest BCUT2D eigenvalue weighted by Gasteiger charge is -2.19. The zero-order valence-electron chi connectivity index (χ0n) is 23.2. The number of rotatable bonds is 23. The van der Waals surface area contributed by atoms with Gasteiger partial charge < -0.3 is 45.1 Å². The van der Waals surface area contributed by atoms with Crippen LogP contribution in [-0.2, 0) is 19.1 Å². The van der Waals surface area contributed by atoms with Gasteiger partial charge in [0, 0.05) is 18.7 Å². The number of carbonyl (C=O) groups excluding carboxylic acids is 3. The maximum absolute atomic E-state index is 13.1. The second-order valence-corrected chi connectivity index (χ2v) is 8.61. The Hall–Kier alpha value is -2.93. The number of hydrogen-bond acceptors (Lipinski definition) is 9. The second kappa shape index (κ2) is 21.9. The fraction of sp³-hybridized carbons (Fsp3) is 0.667. The summed E-state index contributed by atoms with van der Waals surface area (Å²) in [6.07, 6.45) is 3.23. The molecule has 222 valence electrons. The van der Waals surface area contributed by atoms with Crippen LogP contribution in [0.3, 0.4) is 0 Å². The van der Waals surface area contributed by atoms with Crippen molar-refractivity contribution in [1.82, 2.24) is 16.0 Å². The van der Waals surface area contributed by atoms with E-state index in [1.54, 1.807) is 6.07 Å². The smallest absolute Gasteiger partial charge is 0.252 e. The number of aliphatic hydroxyl groups excluding tert-OH is 2. The summed E-state index contributed by atoms with van der Waals surface area (Å²) in [7, 11) is 0. The summed E-state index contributed by atoms with van der Waals surface area (Å²) in [5.41, 5.74) is 0.211. The summed E-state index contributed by atoms with van der Waals surface area (Å²) in [6.45, 7) is 5.92. The predicted molar refractivity (Wildman–Crippen MR) is 145 cm³/mol. The fourth-order valence-corrected chi connectivity index (χ4v) is 3.26. The molecule has 1 aromatic carbocycles. The van der Waals surface area contributed by atoms with Crippen molar-refractivity contribution < 1.29 is 43.5 Å². The summed E-state index contributed by atoms with van der Waals surface area (Å²) < 4.78 is 21.9. The van der Waals surface area contributed by atoms with E-state index in [-0.39, 0.29) is 76.5 Å². The van der Waals surface area contributed by atoms with E-state index in [0.29, 0.717) is 18.8 Å². The highest BCUT2D eigenvalue weighted by molar-refractivity contribution is 5.99. The Morgan fingerprint density at radius 1 is 0.795 bits per heavy atom. The number of carbonyl (C=O) groups is 3. The molecule has 0 aliphatic rings. The molecule has 0 saturated heterocycles. The zero-order chi connectivity index (χ0) is 28.7. The highest BCUT2D eigenvalue weighted by Gasteiger charge is 2.25. The summed E-state index contributed by atoms with van der Waals surface area (Å²) in [5, 5.41) is 25.9. The van der Waals surface area contributed by atoms with E-state index in [1.807, 2.05) is 13.8 Å². The minimum atomic E-state index is -1.05. The first-order chi connectivity index (χ1) is 19.0. The standard InChI is InChI=1S/C27H45N3O9/c1-3-5-9-28-25(33)20-22(27(35)29-10-6-4-2)30-26(34)21-7-8-23(38-17-15-36-13-11-31)24(19-21)39-18-16-37-14-12-32/h7-8,19,22,31-32H,3-6,9-18,20H2,1-2H3,(H,28,33)(H,29,35)(H,30,34)/t22-/m0/s1. The first kappa shape index (κ1) is 34.1. The summed E-state index contributed by atoms with van der Waals surface area (Å²) in [4.78, 5) is 38.3. The summed E-state index contributed by atoms with van der Waals surface area (Å²) in [6, 6.07) is 3.53. The molecule has 5 N–H and O–H groups in total. The van der Waals surface area contributed by atoms with Crippen LogP contribution < -0.4 is 25.4 Å². The summed E-state index contributed by atoms with van der Waals surface area (Å²) in [5.74, 6) is -0.656. The molecule has 1 rings (SSSR count). The topological polar surface area (TPSA) is 165 Å². The van der Waals surface area contributed by atoms with E-state index >= 15 is 0 Å². The van der Waals surface area contributed by atoms with Crippen molar-refractivity contribution >= 4 is 17.7 Å². The lowest BCUT2D eigenvalue weighted by atomic mass is 10.1. The zero-order valence-corrected chi connectivity index (χ0v) is 23.2. The predicted octanol–water partition coefficient (Wildman–Crippen LogP) is 0.783. The average molecular weight is 556 g/mol. The van der Waals surface area contributed by atoms with E-state index in [1.165, 1.54) is 12.1 Å². The van der Waals surface area contributed by atoms with Gasteiger partial charge in [0.1, 0.15) is 19.3 Å². The van der Waals surface area contributed by atoms with Gasteiger partial charge >= 0.3 is 0 Å². The van der Waals surface area contributed by atoms with Gasteiger partial charge in [-0.1, -0.05) is 26.7 Å². The lowest BCUT2D eigenvalue weighted by molar-refractivity contribution is -0.128. The summed E-state index contributed by atoms with van der Waals surface area (Å²) >= 11 is 0. The highest BCUT2D eigenvalue weighted by Crippen LogP contribution is 2.28. The molecule has 1 aromatic rings. The van der Waals surface area contributed by atoms with Crippen molar-refractivity contribution in [3.05, 3.63) is 23.8 Å². The molecule has 0 radical (unpaired) electrons. The molecule has 0 saturated carbocycles. The van der Waals surface area contributed by atoms with Crippen LogP contribution in [0.4, 0.5) is 0 Å². The second-order valence-electron chi connectivity index (χ2n) is 8.61. The SMILES string of the molecule is CCCCNC(=O)C[C@H](NC(=O)c1ccc(OCCOCCO)c(OCCOCCO)c1)C(=O)NCCCC. The third kappa shape index (κ3) is 15.3. The van der Waals surface area contributed by atoms with Gasteiger partial charge in [-0.2, -0.15) is 0 Å². The molecular weight excluding hydrogens is 510 g/mol. The maximum atomic E-state index is 13.1. The molecule has 39 heavy (non-hydrogen) atoms. The number of benzene rings is 1. The molecular formula is C27H45N3O9. The third-order valence-corrected chi connectivity index (χ3v) is 5.34. The molecule has 1 atom stereocenters. The molecule has 0 aliphatic heterocycles. The van der Waals surface area contributed by atoms with E-state index in [4.69, 9.17) is 29.2 Å². The van der Waals surface area contributed by atoms with Crippen molar-refractivity contribution in [2.45, 2.75) is 52.0 Å². The monoisotopic (exact) mass is 555 g/mol. The van der Waals surface area contributed by atoms with Crippen molar-refractivity contribution in [2.75, 3.05) is 65.9 Å². The van der Waals surface area contributed by atoms with Crippen molar-refractivity contribution in [2.24, 2.45) is 0 Å². The molecule has 0 aromatic heterocycles. The van der Waals surface area contributed by atoms with Crippen LogP contribution >= 0.6 is 0 Å². The van der Waals surface area contributed by atoms with Crippen molar-refractivity contribution in [1.29, 1.82) is 0 Å². The molecule has 0 bridgehead atoms. The Morgan fingerprint density at radius 3 is 1.97 bits per heavy atom. The Morgan fingerprint density at radius 2 is 1.38 bits per heavy atom. The van der Waals surface area contributed by atoms with Gasteiger partial charge in [-0.25, -0.2) is 0 Å². The molecule has 12 heteroatoms. The van der Waals surface area contributed by atoms with Gasteiger partial charge in [0.05, 0.1) is 46.1 Å². The third-order valence-electron chi connectivity index (χ3n) is 5.34. The molecule has 0 aliphatic carbocycles. The highest BCUT2D eigenvalue weighted by atomic mass is 16.6. The molecule has 0 spiro atoms. The van der Waals surface area contributed by atoms with Crippen molar-refractivity contribution in [3.8, 4) is 11.5 Å². The van der Waals surface area contributed by atoms with Crippen LogP contribution in [0.25, 0.3) is 0 Å². The molecule has 0 heterocycles. The molecule has 0 unspecified atom stereocenters. The minimum Gasteiger partial charge on any atom is -0.487 e. The van der Waals surface area contributed by atoms with Gasteiger partial charge in [0.2, 0.25) is 11.8 Å². The number of nitrogens with one attached hydrogen (secondary N) is 3. The molecule has 0 fully saturated rings. The Labute approximate surface area is 230 Å². The van der Waals surface area contributed by atoms with Crippen LogP contribution in [-0.4, -0.2) is 99.9 Å². The van der Waals surface area contributed by atoms with E-state index in [2.05, 4.69) is 16.0 Å². The van der Waals surface area contributed by atoms with Crippen molar-refractivity contribution in [3.63, 3.8) is 0 Å². The number of hydrogen-bond donors (Lipinski definition) is 5. The van der Waals surface area contributed by atoms with Crippen LogP contribution in [0.2, 0.25) is 0 Å². The van der Waals surface area contributed by atoms with Gasteiger partial charge in [0.15, 0.2) is 11.5 Å².